The van der Waals surface area contributed by atoms with E-state index in [1.54, 1.807) is 6.08 Å². The lowest BCUT2D eigenvalue weighted by molar-refractivity contribution is -0.195. The number of ketones is 1. The van der Waals surface area contributed by atoms with Crippen LogP contribution in [0.15, 0.2) is 36.5 Å². The van der Waals surface area contributed by atoms with Crippen molar-refractivity contribution in [2.24, 2.45) is 11.8 Å². The predicted octanol–water partition coefficient (Wildman–Crippen LogP) is 6.13. The Bertz CT molecular complexity index is 762. The van der Waals surface area contributed by atoms with Crippen molar-refractivity contribution in [3.05, 3.63) is 36.5 Å². The van der Waals surface area contributed by atoms with Crippen molar-refractivity contribution in [3.63, 3.8) is 0 Å². The molecule has 3 aliphatic rings. The number of Topliss-reactive ketones (excluding diaryl/α,β-unsaturated/α-hetero) is 1. The molecule has 0 aromatic carbocycles. The Hall–Kier alpha value is -1.80. The van der Waals surface area contributed by atoms with Crippen LogP contribution in [0.3, 0.4) is 0 Å². The number of hydrogen-bond acceptors (Lipinski definition) is 6. The number of allylic oxidation sites excluding steroid dienone is 4. The molecule has 7 heteroatoms. The van der Waals surface area contributed by atoms with Crippen molar-refractivity contribution in [2.45, 2.75) is 115 Å². The lowest BCUT2D eigenvalue weighted by Gasteiger charge is -2.29. The van der Waals surface area contributed by atoms with E-state index >= 15 is 0 Å². The molecule has 0 bridgehead atoms. The van der Waals surface area contributed by atoms with Gasteiger partial charge in [0.05, 0.1) is 12.2 Å². The van der Waals surface area contributed by atoms with Gasteiger partial charge in [-0.2, -0.15) is 0 Å². The van der Waals surface area contributed by atoms with Gasteiger partial charge in [-0.05, 0) is 57.8 Å². The molecule has 3 rings (SSSR count). The Balaban J connectivity index is 1.67. The molecule has 1 aliphatic carbocycles. The summed E-state index contributed by atoms with van der Waals surface area (Å²) in [5.74, 6) is -0.980. The second-order valence-electron chi connectivity index (χ2n) is 10.4. The topological polar surface area (TPSA) is 91.3 Å². The number of rotatable bonds is 15. The second kappa shape index (κ2) is 16.9. The zero-order valence-electron chi connectivity index (χ0n) is 22.4. The number of carboxylic acid groups (broad SMARTS) is 1. The number of carboxylic acids is 1. The fraction of sp³-hybridized carbons (Fsp3) is 0.733. The van der Waals surface area contributed by atoms with E-state index < -0.39 is 5.97 Å². The average Bonchev–Trinajstić information content (AvgIpc) is 3.19. The van der Waals surface area contributed by atoms with Crippen molar-refractivity contribution in [1.29, 1.82) is 0 Å². The van der Waals surface area contributed by atoms with Crippen molar-refractivity contribution in [1.82, 2.24) is 0 Å². The molecule has 2 aliphatic heterocycles. The van der Waals surface area contributed by atoms with Gasteiger partial charge in [-0.3, -0.25) is 4.79 Å². The van der Waals surface area contributed by atoms with Gasteiger partial charge in [0.2, 0.25) is 0 Å². The predicted molar refractivity (Wildman–Crippen MR) is 142 cm³/mol. The summed E-state index contributed by atoms with van der Waals surface area (Å²) in [6, 6.07) is 0. The van der Waals surface area contributed by atoms with Gasteiger partial charge in [0.1, 0.15) is 5.78 Å². The van der Waals surface area contributed by atoms with Gasteiger partial charge in [-0.15, -0.1) is 0 Å². The molecule has 208 valence electrons. The highest BCUT2D eigenvalue weighted by Gasteiger charge is 2.42. The largest absolute Gasteiger partial charge is 0.478 e. The van der Waals surface area contributed by atoms with E-state index in [-0.39, 0.29) is 42.4 Å². The first-order chi connectivity index (χ1) is 18.1. The van der Waals surface area contributed by atoms with Crippen LogP contribution in [0.1, 0.15) is 90.4 Å². The summed E-state index contributed by atoms with van der Waals surface area (Å²) in [4.78, 5) is 23.9. The Morgan fingerprint density at radius 3 is 2.49 bits per heavy atom. The zero-order chi connectivity index (χ0) is 26.3. The van der Waals surface area contributed by atoms with Crippen LogP contribution in [-0.2, 0) is 28.5 Å². The van der Waals surface area contributed by atoms with E-state index in [0.29, 0.717) is 25.9 Å². The first-order valence-corrected chi connectivity index (χ1v) is 14.4. The molecule has 0 spiro atoms. The highest BCUT2D eigenvalue weighted by Crippen LogP contribution is 2.37. The average molecular weight is 519 g/mol. The van der Waals surface area contributed by atoms with Gasteiger partial charge < -0.3 is 24.1 Å². The van der Waals surface area contributed by atoms with Gasteiger partial charge in [-0.25, -0.2) is 4.79 Å². The highest BCUT2D eigenvalue weighted by molar-refractivity contribution is 5.86. The lowest BCUT2D eigenvalue weighted by atomic mass is 9.89. The smallest absolute Gasteiger partial charge is 0.327 e. The third-order valence-electron chi connectivity index (χ3n) is 7.37. The molecular formula is C30H46O7. The van der Waals surface area contributed by atoms with E-state index in [1.807, 2.05) is 12.2 Å². The summed E-state index contributed by atoms with van der Waals surface area (Å²) in [6.07, 6.45) is 22.3. The molecule has 7 nitrogen and oxygen atoms in total. The summed E-state index contributed by atoms with van der Waals surface area (Å²) in [6.45, 7) is 3.64. The van der Waals surface area contributed by atoms with Gasteiger partial charge in [-0.1, -0.05) is 56.6 Å². The van der Waals surface area contributed by atoms with Gasteiger partial charge in [0, 0.05) is 37.5 Å². The first kappa shape index (κ1) is 29.8. The molecular weight excluding hydrogens is 472 g/mol. The van der Waals surface area contributed by atoms with Crippen molar-refractivity contribution < 1.29 is 33.6 Å². The minimum absolute atomic E-state index is 0.0104. The van der Waals surface area contributed by atoms with Crippen LogP contribution in [0.25, 0.3) is 0 Å². The molecule has 0 amide bonds. The maximum Gasteiger partial charge on any atom is 0.327 e. The van der Waals surface area contributed by atoms with E-state index in [4.69, 9.17) is 24.1 Å². The molecule has 6 atom stereocenters. The number of hydrogen-bond donors (Lipinski definition) is 1. The normalized spacial score (nSPS) is 30.1. The molecule has 1 N–H and O–H groups in total. The minimum Gasteiger partial charge on any atom is -0.478 e. The SMILES string of the molecule is CCCCC[C@@H](/C=C/[C@H]1C(=O)C[C@H](OC2CCCCO2)[C@@H]1C/C=C\C/C=C/C(=O)O)OC1CCCCO1. The van der Waals surface area contributed by atoms with Crippen LogP contribution in [0.2, 0.25) is 0 Å². The molecule has 1 saturated carbocycles. The van der Waals surface area contributed by atoms with Gasteiger partial charge in [0.15, 0.2) is 12.6 Å². The molecule has 2 saturated heterocycles. The maximum absolute atomic E-state index is 13.2. The highest BCUT2D eigenvalue weighted by atomic mass is 16.7. The number of carbonyl (C=O) groups is 2. The van der Waals surface area contributed by atoms with Gasteiger partial charge >= 0.3 is 5.97 Å². The molecule has 2 heterocycles. The van der Waals surface area contributed by atoms with Crippen molar-refractivity contribution in [2.75, 3.05) is 13.2 Å². The Kier molecular flexibility index (Phi) is 13.6. The van der Waals surface area contributed by atoms with Crippen LogP contribution in [-0.4, -0.2) is 54.9 Å². The van der Waals surface area contributed by atoms with E-state index in [1.165, 1.54) is 0 Å². The second-order valence-corrected chi connectivity index (χ2v) is 10.4. The number of aliphatic carboxylic acids is 1. The van der Waals surface area contributed by atoms with E-state index in [0.717, 1.165) is 76.9 Å². The summed E-state index contributed by atoms with van der Waals surface area (Å²) in [5, 5.41) is 8.77. The Morgan fingerprint density at radius 1 is 1.05 bits per heavy atom. The summed E-state index contributed by atoms with van der Waals surface area (Å²) >= 11 is 0. The van der Waals surface area contributed by atoms with E-state index in [2.05, 4.69) is 19.1 Å². The van der Waals surface area contributed by atoms with E-state index in [9.17, 15) is 9.59 Å². The fourth-order valence-corrected chi connectivity index (χ4v) is 5.33. The van der Waals surface area contributed by atoms with Crippen LogP contribution >= 0.6 is 0 Å². The molecule has 0 aromatic rings. The van der Waals surface area contributed by atoms with Crippen LogP contribution < -0.4 is 0 Å². The third kappa shape index (κ3) is 10.8. The maximum atomic E-state index is 13.2. The molecule has 37 heavy (non-hydrogen) atoms. The molecule has 0 radical (unpaired) electrons. The van der Waals surface area contributed by atoms with Crippen molar-refractivity contribution >= 4 is 11.8 Å². The fourth-order valence-electron chi connectivity index (χ4n) is 5.33. The first-order valence-electron chi connectivity index (χ1n) is 14.4. The number of unbranched alkanes of at least 4 members (excludes halogenated alkanes) is 2. The summed E-state index contributed by atoms with van der Waals surface area (Å²) in [7, 11) is 0. The van der Waals surface area contributed by atoms with Crippen LogP contribution in [0.5, 0.6) is 0 Å². The minimum atomic E-state index is -0.949. The molecule has 0 aromatic heterocycles. The summed E-state index contributed by atoms with van der Waals surface area (Å²) in [5.41, 5.74) is 0. The monoisotopic (exact) mass is 518 g/mol. The number of carbonyl (C=O) groups excluding carboxylic acids is 1. The molecule has 2 unspecified atom stereocenters. The van der Waals surface area contributed by atoms with Gasteiger partial charge in [0.25, 0.3) is 0 Å². The summed E-state index contributed by atoms with van der Waals surface area (Å²) < 4.78 is 24.3. The number of ether oxygens (including phenoxy) is 4. The van der Waals surface area contributed by atoms with Crippen molar-refractivity contribution in [3.8, 4) is 0 Å². The zero-order valence-corrected chi connectivity index (χ0v) is 22.4. The quantitative estimate of drug-likeness (QED) is 0.158. The Labute approximate surface area is 222 Å². The Morgan fingerprint density at radius 2 is 1.81 bits per heavy atom. The van der Waals surface area contributed by atoms with Crippen LogP contribution in [0.4, 0.5) is 0 Å². The molecule has 3 fully saturated rings. The third-order valence-corrected chi connectivity index (χ3v) is 7.37. The van der Waals surface area contributed by atoms with Crippen LogP contribution in [0, 0.1) is 11.8 Å². The lowest BCUT2D eigenvalue weighted by Crippen LogP contribution is -2.31. The standard InChI is InChI=1S/C30H46O7/c1-2-3-6-13-23(36-29-16-9-11-20-34-29)18-19-24-25(14-7-4-5-8-15-28(32)33)27(22-26(24)31)37-30-17-10-12-21-35-30/h4,7-8,15,18-19,23-25,27,29-30H,2-3,5-6,9-14,16-17,20-22H2,1H3,(H,32,33)/b7-4-,15-8+,19-18+/t23-,24+,25+,27-,29?,30?/m0/s1.